The van der Waals surface area contributed by atoms with Gasteiger partial charge in [0.05, 0.1) is 6.61 Å². The molecule has 0 aliphatic carbocycles. The second-order valence-corrected chi connectivity index (χ2v) is 1.72. The first-order valence-corrected chi connectivity index (χ1v) is 2.65. The summed E-state index contributed by atoms with van der Waals surface area (Å²) in [5, 5.41) is 0. The number of hydrogen-bond donors (Lipinski definition) is 0. The van der Waals surface area contributed by atoms with Crippen molar-refractivity contribution >= 4 is 5.97 Å². The van der Waals surface area contributed by atoms with Crippen molar-refractivity contribution in [1.29, 1.82) is 0 Å². The first-order valence-electron chi connectivity index (χ1n) is 2.65. The van der Waals surface area contributed by atoms with Gasteiger partial charge in [-0.2, -0.15) is 13.8 Å². The van der Waals surface area contributed by atoms with Crippen LogP contribution in [-0.4, -0.2) is 12.6 Å². The molecule has 0 saturated heterocycles. The first kappa shape index (κ1) is 12.6. The van der Waals surface area contributed by atoms with Crippen LogP contribution >= 0.6 is 0 Å². The van der Waals surface area contributed by atoms with E-state index in [0.29, 0.717) is 12.5 Å². The Morgan fingerprint density at radius 3 is 2.11 bits per heavy atom. The largest absolute Gasteiger partial charge is 1.00 e. The molecule has 0 fully saturated rings. The molecule has 0 atom stereocenters. The monoisotopic (exact) mass is 154 g/mol. The Kier molecular flexibility index (Phi) is 9.95. The molecular formula is C6H11KO2. The molecule has 0 aliphatic heterocycles. The fourth-order valence-corrected chi connectivity index (χ4v) is 0.275. The van der Waals surface area contributed by atoms with E-state index in [1.807, 2.05) is 0 Å². The summed E-state index contributed by atoms with van der Waals surface area (Å²) in [6, 6.07) is 0. The third kappa shape index (κ3) is 6.87. The molecule has 0 spiro atoms. The molecule has 2 nitrogen and oxygen atoms in total. The van der Waals surface area contributed by atoms with Crippen LogP contribution in [0.3, 0.4) is 0 Å². The molecule has 0 rings (SSSR count). The molecule has 0 unspecified atom stereocenters. The van der Waals surface area contributed by atoms with Crippen LogP contribution < -0.4 is 51.4 Å². The number of carbonyl (C=O) groups is 1. The Morgan fingerprint density at radius 1 is 1.56 bits per heavy atom. The maximum atomic E-state index is 10.5. The van der Waals surface area contributed by atoms with Gasteiger partial charge in [-0.05, 0) is 6.92 Å². The predicted octanol–water partition coefficient (Wildman–Crippen LogP) is -1.83. The van der Waals surface area contributed by atoms with Gasteiger partial charge in [-0.25, -0.2) is 0 Å². The van der Waals surface area contributed by atoms with Gasteiger partial charge in [-0.15, -0.1) is 0 Å². The van der Waals surface area contributed by atoms with Gasteiger partial charge in [-0.3, -0.25) is 10.7 Å². The van der Waals surface area contributed by atoms with Crippen LogP contribution in [0.25, 0.3) is 0 Å². The molecule has 48 valence electrons. The SMILES string of the molecule is CCOC(=O)[C-](C)C.[K+]. The minimum Gasteiger partial charge on any atom is -0.488 e. The summed E-state index contributed by atoms with van der Waals surface area (Å²) < 4.78 is 4.63. The number of rotatable bonds is 2. The van der Waals surface area contributed by atoms with Gasteiger partial charge >= 0.3 is 51.4 Å². The third-order valence-electron chi connectivity index (χ3n) is 0.684. The molecule has 0 aromatic rings. The van der Waals surface area contributed by atoms with Crippen molar-refractivity contribution in [2.75, 3.05) is 6.61 Å². The van der Waals surface area contributed by atoms with Crippen molar-refractivity contribution in [2.45, 2.75) is 20.8 Å². The molecule has 0 amide bonds. The van der Waals surface area contributed by atoms with Crippen LogP contribution in [0.2, 0.25) is 0 Å². The zero-order valence-electron chi connectivity index (χ0n) is 6.52. The molecule has 0 heterocycles. The molecule has 0 aliphatic rings. The van der Waals surface area contributed by atoms with Crippen molar-refractivity contribution in [3.63, 3.8) is 0 Å². The van der Waals surface area contributed by atoms with Crippen LogP contribution in [0.4, 0.5) is 0 Å². The summed E-state index contributed by atoms with van der Waals surface area (Å²) in [6.45, 7) is 5.72. The van der Waals surface area contributed by atoms with Gasteiger partial charge in [0.25, 0.3) is 0 Å². The topological polar surface area (TPSA) is 26.3 Å². The fourth-order valence-electron chi connectivity index (χ4n) is 0.275. The molecule has 9 heavy (non-hydrogen) atoms. The Bertz CT molecular complexity index is 81.1. The Labute approximate surface area is 98.8 Å². The van der Waals surface area contributed by atoms with Crippen molar-refractivity contribution in [3.05, 3.63) is 5.92 Å². The van der Waals surface area contributed by atoms with Gasteiger partial charge in [-0.1, -0.05) is 0 Å². The summed E-state index contributed by atoms with van der Waals surface area (Å²) in [5.41, 5.74) is 0. The van der Waals surface area contributed by atoms with Gasteiger partial charge < -0.3 is 4.74 Å². The molecule has 3 heteroatoms. The Morgan fingerprint density at radius 2 is 2.00 bits per heavy atom. The molecule has 0 saturated carbocycles. The van der Waals surface area contributed by atoms with Crippen molar-refractivity contribution in [2.24, 2.45) is 0 Å². The zero-order valence-corrected chi connectivity index (χ0v) is 9.65. The minimum absolute atomic E-state index is 0. The van der Waals surface area contributed by atoms with E-state index in [4.69, 9.17) is 0 Å². The number of carbonyl (C=O) groups excluding carboxylic acids is 1. The Balaban J connectivity index is 0. The van der Waals surface area contributed by atoms with E-state index in [-0.39, 0.29) is 57.4 Å². The smallest absolute Gasteiger partial charge is 0.488 e. The van der Waals surface area contributed by atoms with Gasteiger partial charge in [0.1, 0.15) is 0 Å². The van der Waals surface area contributed by atoms with Crippen LogP contribution in [-0.2, 0) is 9.53 Å². The van der Waals surface area contributed by atoms with E-state index in [2.05, 4.69) is 4.74 Å². The summed E-state index contributed by atoms with van der Waals surface area (Å²) in [6.07, 6.45) is 0. The second-order valence-electron chi connectivity index (χ2n) is 1.72. The van der Waals surface area contributed by atoms with Crippen molar-refractivity contribution in [1.82, 2.24) is 0 Å². The summed E-state index contributed by atoms with van der Waals surface area (Å²) in [7, 11) is 0. The van der Waals surface area contributed by atoms with Gasteiger partial charge in [0.15, 0.2) is 5.97 Å². The number of hydrogen-bond acceptors (Lipinski definition) is 2. The van der Waals surface area contributed by atoms with Gasteiger partial charge in [0.2, 0.25) is 0 Å². The second kappa shape index (κ2) is 7.09. The summed E-state index contributed by atoms with van der Waals surface area (Å²) >= 11 is 0. The normalized spacial score (nSPS) is 7.44. The van der Waals surface area contributed by atoms with Gasteiger partial charge in [0, 0.05) is 0 Å². The van der Waals surface area contributed by atoms with Crippen molar-refractivity contribution in [3.8, 4) is 0 Å². The molecule has 0 aromatic carbocycles. The summed E-state index contributed by atoms with van der Waals surface area (Å²) in [4.78, 5) is 10.5. The van der Waals surface area contributed by atoms with E-state index in [1.54, 1.807) is 20.8 Å². The predicted molar refractivity (Wildman–Crippen MR) is 31.2 cm³/mol. The van der Waals surface area contributed by atoms with E-state index in [0.717, 1.165) is 0 Å². The minimum atomic E-state index is -0.201. The molecule has 0 bridgehead atoms. The van der Waals surface area contributed by atoms with E-state index >= 15 is 0 Å². The molecular weight excluding hydrogens is 143 g/mol. The summed E-state index contributed by atoms with van der Waals surface area (Å²) in [5.74, 6) is 0.499. The third-order valence-corrected chi connectivity index (χ3v) is 0.684. The maximum Gasteiger partial charge on any atom is 1.00 e. The zero-order chi connectivity index (χ0) is 6.57. The molecule has 0 radical (unpaired) electrons. The fraction of sp³-hybridized carbons (Fsp3) is 0.667. The standard InChI is InChI=1S/C6H11O2.K/c1-4-8-6(7)5(2)3;/h4H2,1-3H3;/q-1;+1. The van der Waals surface area contributed by atoms with Crippen LogP contribution in [0.15, 0.2) is 0 Å². The maximum absolute atomic E-state index is 10.5. The van der Waals surface area contributed by atoms with E-state index < -0.39 is 0 Å². The number of esters is 1. The quantitative estimate of drug-likeness (QED) is 0.266. The van der Waals surface area contributed by atoms with E-state index in [1.165, 1.54) is 0 Å². The van der Waals surface area contributed by atoms with E-state index in [9.17, 15) is 4.79 Å². The van der Waals surface area contributed by atoms with Crippen LogP contribution in [0.5, 0.6) is 0 Å². The Hall–Kier alpha value is 0.976. The van der Waals surface area contributed by atoms with Crippen LogP contribution in [0, 0.1) is 5.92 Å². The molecule has 0 aromatic heterocycles. The first-order chi connectivity index (χ1) is 3.68. The van der Waals surface area contributed by atoms with Crippen LogP contribution in [0.1, 0.15) is 20.8 Å². The molecule has 0 N–H and O–H groups in total. The number of ether oxygens (including phenoxy) is 1. The van der Waals surface area contributed by atoms with Crippen molar-refractivity contribution < 1.29 is 60.9 Å². The average Bonchev–Trinajstić information content (AvgIpc) is 1.67. The average molecular weight is 154 g/mol.